The van der Waals surface area contributed by atoms with Gasteiger partial charge in [-0.05, 0) is 19.3 Å². The molecule has 0 unspecified atom stereocenters. The van der Waals surface area contributed by atoms with Gasteiger partial charge in [0.25, 0.3) is 0 Å². The van der Waals surface area contributed by atoms with Gasteiger partial charge in [-0.1, -0.05) is 18.9 Å². The molecule has 0 aromatic heterocycles. The first-order valence-electron chi connectivity index (χ1n) is 10.0. The fraction of sp³-hybridized carbons (Fsp3) is 0.889. The molecule has 0 spiro atoms. The Hall–Kier alpha value is -1.80. The van der Waals surface area contributed by atoms with Crippen LogP contribution in [0.25, 0.3) is 0 Å². The van der Waals surface area contributed by atoms with Gasteiger partial charge in [0.05, 0.1) is 6.33 Å². The van der Waals surface area contributed by atoms with Crippen LogP contribution in [0.3, 0.4) is 0 Å². The van der Waals surface area contributed by atoms with Crippen LogP contribution in [0.5, 0.6) is 0 Å². The van der Waals surface area contributed by atoms with Crippen molar-refractivity contribution in [1.82, 2.24) is 0 Å². The van der Waals surface area contributed by atoms with Crippen molar-refractivity contribution in [3.05, 3.63) is 12.4 Å². The van der Waals surface area contributed by atoms with Crippen LogP contribution in [0.1, 0.15) is 38.5 Å². The van der Waals surface area contributed by atoms with E-state index < -0.39 is 78.7 Å². The van der Waals surface area contributed by atoms with E-state index in [2.05, 4.69) is 0 Å². The quantitative estimate of drug-likeness (QED) is 0.123. The Labute approximate surface area is 208 Å². The van der Waals surface area contributed by atoms with E-state index in [0.717, 1.165) is 6.08 Å². The molecule has 0 rings (SSSR count). The van der Waals surface area contributed by atoms with Crippen molar-refractivity contribution in [3.63, 3.8) is 0 Å². The van der Waals surface area contributed by atoms with Gasteiger partial charge in [0.1, 0.15) is 0 Å². The Bertz CT molecular complexity index is 863. The molecule has 40 heavy (non-hydrogen) atoms. The summed E-state index contributed by atoms with van der Waals surface area (Å²) in [7, 11) is 0. The summed E-state index contributed by atoms with van der Waals surface area (Å²) in [4.78, 5) is 0. The highest BCUT2D eigenvalue weighted by molar-refractivity contribution is 5.17. The number of halogens is 22. The minimum Gasteiger partial charge on any atom is -0.216 e. The molecule has 0 heterocycles. The van der Waals surface area contributed by atoms with Crippen molar-refractivity contribution in [1.29, 1.82) is 0 Å². The van der Waals surface area contributed by atoms with Crippen LogP contribution in [0, 0.1) is 0 Å². The largest absolute Gasteiger partial charge is 0.460 e. The first-order valence-corrected chi connectivity index (χ1v) is 10.0. The third kappa shape index (κ3) is 5.64. The van der Waals surface area contributed by atoms with Crippen LogP contribution in [0.15, 0.2) is 12.4 Å². The van der Waals surface area contributed by atoms with E-state index in [9.17, 15) is 96.6 Å². The van der Waals surface area contributed by atoms with Gasteiger partial charge in [0.15, 0.2) is 0 Å². The van der Waals surface area contributed by atoms with Gasteiger partial charge in [-0.2, -0.15) is 92.2 Å². The predicted octanol–water partition coefficient (Wildman–Crippen LogP) is 10.1. The van der Waals surface area contributed by atoms with Crippen molar-refractivity contribution in [3.8, 4) is 0 Å². The zero-order chi connectivity index (χ0) is 32.7. The second-order valence-corrected chi connectivity index (χ2v) is 8.11. The summed E-state index contributed by atoms with van der Waals surface area (Å²) in [5.41, 5.74) is 0. The molecule has 22 heteroatoms. The Morgan fingerprint density at radius 2 is 0.650 bits per heavy atom. The average molecular weight is 648 g/mol. The molecular weight excluding hydrogens is 634 g/mol. The SMILES string of the molecule is FC=CCCCCCCC(F)(F)C(F)(F)C(F)(F)C(F)(F)C(F)(F)C(F)(F)C(F)(F)C(F)(F)C(F)(F)C(F)(F)F. The van der Waals surface area contributed by atoms with Crippen LogP contribution in [-0.4, -0.2) is 59.5 Å². The van der Waals surface area contributed by atoms with Gasteiger partial charge in [-0.15, -0.1) is 0 Å². The van der Waals surface area contributed by atoms with Crippen LogP contribution in [0.2, 0.25) is 0 Å². The predicted molar refractivity (Wildman–Crippen MR) is 88.5 cm³/mol. The highest BCUT2D eigenvalue weighted by Crippen LogP contribution is 2.66. The van der Waals surface area contributed by atoms with Crippen LogP contribution < -0.4 is 0 Å². The highest BCUT2D eigenvalue weighted by atomic mass is 19.4. The van der Waals surface area contributed by atoms with E-state index in [1.165, 1.54) is 0 Å². The van der Waals surface area contributed by atoms with Crippen LogP contribution in [-0.2, 0) is 0 Å². The summed E-state index contributed by atoms with van der Waals surface area (Å²) in [5, 5.41) is 0. The first kappa shape index (κ1) is 38.2. The lowest BCUT2D eigenvalue weighted by Gasteiger charge is -2.44. The number of alkyl halides is 21. The topological polar surface area (TPSA) is 0 Å². The second kappa shape index (κ2) is 11.1. The van der Waals surface area contributed by atoms with E-state index in [1.54, 1.807) is 0 Å². The van der Waals surface area contributed by atoms with Crippen molar-refractivity contribution in [2.75, 3.05) is 0 Å². The third-order valence-electron chi connectivity index (χ3n) is 5.28. The standard InChI is InChI=1S/C18H14F22/c19-8-6-4-2-1-3-5-7-9(20,21)10(22,23)11(24,25)12(26,27)13(28,29)14(30,31)15(32,33)16(34,35)17(36,37)18(38,39)40/h6,8H,1-5,7H2. The number of hydrogen-bond acceptors (Lipinski definition) is 0. The van der Waals surface area contributed by atoms with Crippen molar-refractivity contribution in [2.45, 2.75) is 98.0 Å². The number of hydrogen-bond donors (Lipinski definition) is 0. The molecule has 0 aliphatic heterocycles. The maximum absolute atomic E-state index is 13.7. The molecule has 0 aromatic carbocycles. The molecule has 0 saturated heterocycles. The maximum atomic E-state index is 13.7. The molecular formula is C18H14F22. The van der Waals surface area contributed by atoms with Gasteiger partial charge in [-0.25, -0.2) is 4.39 Å². The Morgan fingerprint density at radius 1 is 0.350 bits per heavy atom. The first-order chi connectivity index (χ1) is 17.3. The number of unbranched alkanes of at least 4 members (excludes halogenated alkanes) is 4. The normalized spacial score (nSPS) is 16.2. The molecule has 0 N–H and O–H groups in total. The fourth-order valence-electron chi connectivity index (χ4n) is 2.77. The van der Waals surface area contributed by atoms with E-state index in [-0.39, 0.29) is 25.6 Å². The second-order valence-electron chi connectivity index (χ2n) is 8.11. The number of rotatable bonds is 15. The lowest BCUT2D eigenvalue weighted by Crippen LogP contribution is -2.76. The Kier molecular flexibility index (Phi) is 10.6. The fourth-order valence-corrected chi connectivity index (χ4v) is 2.77. The molecule has 0 atom stereocenters. The van der Waals surface area contributed by atoms with Gasteiger partial charge < -0.3 is 0 Å². The van der Waals surface area contributed by atoms with Gasteiger partial charge in [0.2, 0.25) is 0 Å². The maximum Gasteiger partial charge on any atom is 0.460 e. The van der Waals surface area contributed by atoms with E-state index in [1.807, 2.05) is 0 Å². The van der Waals surface area contributed by atoms with Crippen molar-refractivity contribution in [2.24, 2.45) is 0 Å². The smallest absolute Gasteiger partial charge is 0.216 e. The molecule has 0 saturated carbocycles. The van der Waals surface area contributed by atoms with E-state index in [0.29, 0.717) is 0 Å². The number of allylic oxidation sites excluding steroid dienone is 1. The van der Waals surface area contributed by atoms with Gasteiger partial charge in [-0.3, -0.25) is 0 Å². The molecule has 0 aliphatic rings. The Morgan fingerprint density at radius 3 is 0.975 bits per heavy atom. The summed E-state index contributed by atoms with van der Waals surface area (Å²) in [5.74, 6) is -76.6. The van der Waals surface area contributed by atoms with Crippen molar-refractivity contribution < 1.29 is 96.6 Å². The zero-order valence-electron chi connectivity index (χ0n) is 18.7. The zero-order valence-corrected chi connectivity index (χ0v) is 18.7. The lowest BCUT2D eigenvalue weighted by molar-refractivity contribution is -0.474. The van der Waals surface area contributed by atoms with Crippen molar-refractivity contribution >= 4 is 0 Å². The summed E-state index contributed by atoms with van der Waals surface area (Å²) in [6, 6.07) is 0. The summed E-state index contributed by atoms with van der Waals surface area (Å²) < 4.78 is 290. The molecule has 0 aliphatic carbocycles. The van der Waals surface area contributed by atoms with E-state index in [4.69, 9.17) is 0 Å². The molecule has 0 bridgehead atoms. The van der Waals surface area contributed by atoms with Gasteiger partial charge >= 0.3 is 59.5 Å². The lowest BCUT2D eigenvalue weighted by atomic mass is 9.85. The molecule has 0 aromatic rings. The molecule has 0 radical (unpaired) electrons. The van der Waals surface area contributed by atoms with Crippen LogP contribution >= 0.6 is 0 Å². The molecule has 0 amide bonds. The highest BCUT2D eigenvalue weighted by Gasteiger charge is 2.97. The Balaban J connectivity index is 6.49. The van der Waals surface area contributed by atoms with Gasteiger partial charge in [0, 0.05) is 6.42 Å². The molecule has 240 valence electrons. The summed E-state index contributed by atoms with van der Waals surface area (Å²) in [6.45, 7) is 0. The molecule has 0 nitrogen and oxygen atoms in total. The molecule has 0 fully saturated rings. The summed E-state index contributed by atoms with van der Waals surface area (Å²) in [6.07, 6.45) is -12.0. The minimum absolute atomic E-state index is 0.0229. The summed E-state index contributed by atoms with van der Waals surface area (Å²) >= 11 is 0. The van der Waals surface area contributed by atoms with Crippen LogP contribution in [0.4, 0.5) is 96.6 Å². The monoisotopic (exact) mass is 648 g/mol. The average Bonchev–Trinajstić information content (AvgIpc) is 2.76. The third-order valence-corrected chi connectivity index (χ3v) is 5.28. The van der Waals surface area contributed by atoms with E-state index >= 15 is 0 Å². The minimum atomic E-state index is -9.16.